The minimum absolute atomic E-state index is 0.731. The predicted molar refractivity (Wildman–Crippen MR) is 121 cm³/mol. The van der Waals surface area contributed by atoms with Crippen molar-refractivity contribution in [1.29, 1.82) is 0 Å². The summed E-state index contributed by atoms with van der Waals surface area (Å²) in [4.78, 5) is 0. The summed E-state index contributed by atoms with van der Waals surface area (Å²) in [5, 5.41) is 0. The maximum absolute atomic E-state index is 3.00. The highest BCUT2D eigenvalue weighted by atomic mass is 14.1. The van der Waals surface area contributed by atoms with Crippen molar-refractivity contribution < 1.29 is 0 Å². The van der Waals surface area contributed by atoms with E-state index in [4.69, 9.17) is 0 Å². The molecule has 0 amide bonds. The van der Waals surface area contributed by atoms with Crippen molar-refractivity contribution >= 4 is 0 Å². The molecule has 0 radical (unpaired) electrons. The summed E-state index contributed by atoms with van der Waals surface area (Å²) in [6.45, 7) is 27.0. The summed E-state index contributed by atoms with van der Waals surface area (Å²) in [5.41, 5.74) is 1.65. The van der Waals surface area contributed by atoms with Crippen molar-refractivity contribution in [2.24, 2.45) is 5.92 Å². The van der Waals surface area contributed by atoms with E-state index < -0.39 is 0 Å². The lowest BCUT2D eigenvalue weighted by molar-refractivity contribution is 0.615. The quantitative estimate of drug-likeness (QED) is 0.289. The third-order valence-electron chi connectivity index (χ3n) is 3.18. The van der Waals surface area contributed by atoms with Crippen LogP contribution in [-0.4, -0.2) is 0 Å². The lowest BCUT2D eigenvalue weighted by Gasteiger charge is -2.13. The zero-order valence-electron chi connectivity index (χ0n) is 19.2. The van der Waals surface area contributed by atoms with Gasteiger partial charge in [0, 0.05) is 0 Å². The van der Waals surface area contributed by atoms with Crippen molar-refractivity contribution in [2.45, 2.75) is 114 Å². The summed E-state index contributed by atoms with van der Waals surface area (Å²) >= 11 is 0. The number of unbranched alkanes of at least 4 members (excludes halogenated alkanes) is 3. The average Bonchev–Trinajstić information content (AvgIpc) is 2.68. The smallest absolute Gasteiger partial charge is 0.0197 e. The van der Waals surface area contributed by atoms with E-state index in [0.29, 0.717) is 0 Å². The molecule has 0 bridgehead atoms. The highest BCUT2D eigenvalue weighted by Crippen LogP contribution is 2.21. The second kappa shape index (κ2) is 43.2. The molecule has 0 rings (SSSR count). The minimum Gasteiger partial charge on any atom is -0.106 e. The summed E-state index contributed by atoms with van der Waals surface area (Å²) in [6, 6.07) is 0. The van der Waals surface area contributed by atoms with Crippen LogP contribution in [0.2, 0.25) is 0 Å². The van der Waals surface area contributed by atoms with Gasteiger partial charge in [-0.2, -0.15) is 0 Å². The van der Waals surface area contributed by atoms with Gasteiger partial charge in [-0.25, -0.2) is 0 Å². The second-order valence-electron chi connectivity index (χ2n) is 4.72. The maximum Gasteiger partial charge on any atom is -0.0197 e. The van der Waals surface area contributed by atoms with Crippen LogP contribution in [0.1, 0.15) is 114 Å². The van der Waals surface area contributed by atoms with Gasteiger partial charge in [-0.05, 0) is 38.5 Å². The van der Waals surface area contributed by atoms with E-state index in [1.54, 1.807) is 5.57 Å². The molecule has 148 valence electrons. The Morgan fingerprint density at radius 2 is 1.33 bits per heavy atom. The lowest BCUT2D eigenvalue weighted by atomic mass is 9.92. The van der Waals surface area contributed by atoms with Crippen molar-refractivity contribution in [3.63, 3.8) is 0 Å². The van der Waals surface area contributed by atoms with Crippen LogP contribution in [0.5, 0.6) is 0 Å². The minimum atomic E-state index is 0.731. The van der Waals surface area contributed by atoms with E-state index in [2.05, 4.69) is 59.1 Å². The van der Waals surface area contributed by atoms with Crippen LogP contribution < -0.4 is 0 Å². The van der Waals surface area contributed by atoms with Gasteiger partial charge >= 0.3 is 0 Å². The van der Waals surface area contributed by atoms with Crippen molar-refractivity contribution in [3.8, 4) is 0 Å². The Balaban J connectivity index is -0.000000130. The molecule has 0 spiro atoms. The Labute approximate surface area is 157 Å². The van der Waals surface area contributed by atoms with Crippen molar-refractivity contribution in [2.75, 3.05) is 0 Å². The van der Waals surface area contributed by atoms with Gasteiger partial charge in [-0.15, -0.1) is 13.2 Å². The third kappa shape index (κ3) is 33.0. The van der Waals surface area contributed by atoms with Gasteiger partial charge in [0.2, 0.25) is 0 Å². The average molecular weight is 341 g/mol. The first kappa shape index (κ1) is 34.5. The molecular formula is C24H52. The van der Waals surface area contributed by atoms with Crippen molar-refractivity contribution in [1.82, 2.24) is 0 Å². The summed E-state index contributed by atoms with van der Waals surface area (Å²) in [7, 11) is 0. The van der Waals surface area contributed by atoms with E-state index in [0.717, 1.165) is 5.92 Å². The third-order valence-corrected chi connectivity index (χ3v) is 3.18. The molecule has 0 aliphatic heterocycles. The molecule has 24 heavy (non-hydrogen) atoms. The molecule has 0 aliphatic carbocycles. The number of allylic oxidation sites excluding steroid dienone is 4. The van der Waals surface area contributed by atoms with Crippen LogP contribution in [0.3, 0.4) is 0 Å². The van der Waals surface area contributed by atoms with Crippen LogP contribution in [0.15, 0.2) is 37.0 Å². The molecule has 0 aromatic carbocycles. The van der Waals surface area contributed by atoms with E-state index in [-0.39, 0.29) is 0 Å². The fraction of sp³-hybridized carbons (Fsp3) is 0.750. The first-order chi connectivity index (χ1) is 11.8. The number of hydrogen-bond donors (Lipinski definition) is 0. The maximum atomic E-state index is 3.00. The molecule has 1 unspecified atom stereocenters. The first-order valence-electron chi connectivity index (χ1n) is 10.6. The van der Waals surface area contributed by atoms with Gasteiger partial charge in [0.05, 0.1) is 0 Å². The Morgan fingerprint density at radius 3 is 1.71 bits per heavy atom. The molecule has 0 saturated carbocycles. The molecular weight excluding hydrogens is 288 g/mol. The molecule has 0 N–H and O–H groups in total. The Bertz CT molecular complexity index is 210. The zero-order chi connectivity index (χ0) is 20.2. The molecule has 1 atom stereocenters. The van der Waals surface area contributed by atoms with Gasteiger partial charge < -0.3 is 0 Å². The van der Waals surface area contributed by atoms with Gasteiger partial charge in [0.15, 0.2) is 0 Å². The van der Waals surface area contributed by atoms with Crippen LogP contribution in [-0.2, 0) is 0 Å². The fourth-order valence-electron chi connectivity index (χ4n) is 1.99. The Hall–Kier alpha value is -0.780. The molecule has 0 nitrogen and oxygen atoms in total. The summed E-state index contributed by atoms with van der Waals surface area (Å²) in [6.07, 6.45) is 16.1. The topological polar surface area (TPSA) is 0 Å². The van der Waals surface area contributed by atoms with Crippen LogP contribution in [0.25, 0.3) is 0 Å². The Kier molecular flexibility index (Phi) is 62.2. The molecule has 0 heteroatoms. The largest absolute Gasteiger partial charge is 0.106 e. The van der Waals surface area contributed by atoms with E-state index in [9.17, 15) is 0 Å². The molecule has 0 aliphatic rings. The predicted octanol–water partition coefficient (Wildman–Crippen LogP) is 9.78. The van der Waals surface area contributed by atoms with Gasteiger partial charge in [-0.1, -0.05) is 105 Å². The molecule has 0 saturated heterocycles. The Morgan fingerprint density at radius 1 is 0.833 bits per heavy atom. The first-order valence-corrected chi connectivity index (χ1v) is 10.6. The molecule has 0 fully saturated rings. The standard InChI is InChI=1S/C16H30.3C2H6.C2H4/c1-5-8-10-12-13-15(4)16(7-3)14-11-9-6-2;4*1-2/h7,10,12,15H,5-6,8-9,11,13-14H2,1-4H3;3*1-2H3;1-2H2/b12-10+,16-7-;;;;. The van der Waals surface area contributed by atoms with E-state index >= 15 is 0 Å². The highest BCUT2D eigenvalue weighted by molar-refractivity contribution is 5.06. The zero-order valence-corrected chi connectivity index (χ0v) is 19.2. The summed E-state index contributed by atoms with van der Waals surface area (Å²) < 4.78 is 0. The number of hydrogen-bond acceptors (Lipinski definition) is 0. The fourth-order valence-corrected chi connectivity index (χ4v) is 1.99. The van der Waals surface area contributed by atoms with Gasteiger partial charge in [0.1, 0.15) is 0 Å². The monoisotopic (exact) mass is 340 g/mol. The SMILES string of the molecule is C/C=C(/CCCCC)C(C)C/C=C/CCC.C=C.CC.CC.CC. The van der Waals surface area contributed by atoms with Crippen molar-refractivity contribution in [3.05, 3.63) is 37.0 Å². The van der Waals surface area contributed by atoms with E-state index in [1.165, 1.54) is 44.9 Å². The van der Waals surface area contributed by atoms with Gasteiger partial charge in [-0.3, -0.25) is 0 Å². The van der Waals surface area contributed by atoms with Crippen LogP contribution in [0, 0.1) is 5.92 Å². The summed E-state index contributed by atoms with van der Waals surface area (Å²) in [5.74, 6) is 0.731. The molecule has 0 heterocycles. The van der Waals surface area contributed by atoms with E-state index in [1.807, 2.05) is 41.5 Å². The molecule has 0 aromatic heterocycles. The normalized spacial score (nSPS) is 10.7. The van der Waals surface area contributed by atoms with Crippen LogP contribution >= 0.6 is 0 Å². The van der Waals surface area contributed by atoms with Crippen LogP contribution in [0.4, 0.5) is 0 Å². The highest BCUT2D eigenvalue weighted by Gasteiger charge is 2.05. The second-order valence-corrected chi connectivity index (χ2v) is 4.72. The molecule has 0 aromatic rings. The van der Waals surface area contributed by atoms with Gasteiger partial charge in [0.25, 0.3) is 0 Å². The number of rotatable bonds is 9. The lowest BCUT2D eigenvalue weighted by Crippen LogP contribution is -1.98.